The molecule has 5 nitrogen and oxygen atoms in total. The molecule has 0 amide bonds. The van der Waals surface area contributed by atoms with E-state index in [2.05, 4.69) is 10.3 Å². The highest BCUT2D eigenvalue weighted by Gasteiger charge is 2.09. The first kappa shape index (κ1) is 10.4. The quantitative estimate of drug-likeness (QED) is 0.731. The molecule has 0 saturated carbocycles. The van der Waals surface area contributed by atoms with E-state index in [1.54, 1.807) is 19.2 Å². The van der Waals surface area contributed by atoms with Crippen molar-refractivity contribution >= 4 is 5.78 Å². The minimum Gasteiger partial charge on any atom is -0.497 e. The number of carbonyl (C=O) groups is 1. The summed E-state index contributed by atoms with van der Waals surface area (Å²) in [5, 5.41) is 7.59. The summed E-state index contributed by atoms with van der Waals surface area (Å²) in [6.45, 7) is 1.48. The van der Waals surface area contributed by atoms with Crippen LogP contribution >= 0.6 is 0 Å². The summed E-state index contributed by atoms with van der Waals surface area (Å²) in [5.41, 5.74) is 1.24. The number of nitrogens with zero attached hydrogens (tertiary/aromatic N) is 3. The molecule has 5 heteroatoms. The van der Waals surface area contributed by atoms with Crippen LogP contribution in [0.1, 0.15) is 17.4 Å². The van der Waals surface area contributed by atoms with Gasteiger partial charge in [-0.2, -0.15) is 0 Å². The smallest absolute Gasteiger partial charge is 0.179 e. The highest BCUT2D eigenvalue weighted by Crippen LogP contribution is 2.15. The Morgan fingerprint density at radius 2 is 2.00 bits per heavy atom. The van der Waals surface area contributed by atoms with E-state index in [4.69, 9.17) is 4.74 Å². The Hall–Kier alpha value is -2.17. The third kappa shape index (κ3) is 1.79. The first-order chi connectivity index (χ1) is 7.72. The standard InChI is InChI=1S/C11H11N3O2/c1-8(15)11-7-12-13-14(11)9-3-5-10(16-2)6-4-9/h3-7H,1-2H3. The average Bonchev–Trinajstić information content (AvgIpc) is 2.78. The predicted octanol–water partition coefficient (Wildman–Crippen LogP) is 1.48. The Kier molecular flexibility index (Phi) is 2.68. The van der Waals surface area contributed by atoms with Gasteiger partial charge in [0.25, 0.3) is 0 Å². The van der Waals surface area contributed by atoms with Crippen molar-refractivity contribution in [3.05, 3.63) is 36.2 Å². The van der Waals surface area contributed by atoms with Gasteiger partial charge in [0.1, 0.15) is 11.4 Å². The van der Waals surface area contributed by atoms with Crippen LogP contribution in [0.4, 0.5) is 0 Å². The molecule has 1 heterocycles. The topological polar surface area (TPSA) is 57.0 Å². The lowest BCUT2D eigenvalue weighted by atomic mass is 10.2. The van der Waals surface area contributed by atoms with E-state index in [1.165, 1.54) is 17.8 Å². The van der Waals surface area contributed by atoms with Gasteiger partial charge in [-0.05, 0) is 24.3 Å². The van der Waals surface area contributed by atoms with Crippen LogP contribution in [0.2, 0.25) is 0 Å². The van der Waals surface area contributed by atoms with Gasteiger partial charge in [-0.25, -0.2) is 4.68 Å². The molecule has 0 spiro atoms. The van der Waals surface area contributed by atoms with Gasteiger partial charge in [0.05, 0.1) is 19.0 Å². The molecule has 0 atom stereocenters. The molecule has 0 aliphatic heterocycles. The van der Waals surface area contributed by atoms with E-state index in [0.717, 1.165) is 11.4 Å². The number of ketones is 1. The van der Waals surface area contributed by atoms with Crippen LogP contribution in [0.3, 0.4) is 0 Å². The van der Waals surface area contributed by atoms with Crippen molar-refractivity contribution in [1.29, 1.82) is 0 Å². The van der Waals surface area contributed by atoms with Crippen molar-refractivity contribution in [1.82, 2.24) is 15.0 Å². The van der Waals surface area contributed by atoms with E-state index >= 15 is 0 Å². The molecule has 16 heavy (non-hydrogen) atoms. The first-order valence-corrected chi connectivity index (χ1v) is 4.78. The number of hydrogen-bond acceptors (Lipinski definition) is 4. The number of benzene rings is 1. The number of hydrogen-bond donors (Lipinski definition) is 0. The summed E-state index contributed by atoms with van der Waals surface area (Å²) in [5.74, 6) is 0.689. The largest absolute Gasteiger partial charge is 0.497 e. The summed E-state index contributed by atoms with van der Waals surface area (Å²) in [4.78, 5) is 11.3. The lowest BCUT2D eigenvalue weighted by Gasteiger charge is -2.04. The van der Waals surface area contributed by atoms with Crippen LogP contribution < -0.4 is 4.74 Å². The molecule has 1 aromatic carbocycles. The molecule has 2 rings (SSSR count). The molecule has 0 fully saturated rings. The van der Waals surface area contributed by atoms with Crippen LogP contribution in [-0.4, -0.2) is 27.9 Å². The van der Waals surface area contributed by atoms with Crippen molar-refractivity contribution in [3.63, 3.8) is 0 Å². The number of aromatic nitrogens is 3. The SMILES string of the molecule is COc1ccc(-n2nncc2C(C)=O)cc1. The van der Waals surface area contributed by atoms with Crippen molar-refractivity contribution in [2.75, 3.05) is 7.11 Å². The van der Waals surface area contributed by atoms with E-state index in [0.29, 0.717) is 5.69 Å². The summed E-state index contributed by atoms with van der Waals surface area (Å²) < 4.78 is 6.55. The number of carbonyl (C=O) groups excluding carboxylic acids is 1. The van der Waals surface area contributed by atoms with Crippen molar-refractivity contribution in [2.45, 2.75) is 6.92 Å². The van der Waals surface area contributed by atoms with Gasteiger partial charge >= 0.3 is 0 Å². The van der Waals surface area contributed by atoms with Crippen molar-refractivity contribution in [3.8, 4) is 11.4 Å². The van der Waals surface area contributed by atoms with Crippen molar-refractivity contribution < 1.29 is 9.53 Å². The zero-order chi connectivity index (χ0) is 11.5. The number of ether oxygens (including phenoxy) is 1. The molecule has 0 aliphatic carbocycles. The molecule has 0 N–H and O–H groups in total. The summed E-state index contributed by atoms with van der Waals surface area (Å²) in [6.07, 6.45) is 1.45. The van der Waals surface area contributed by atoms with Crippen LogP contribution in [0.15, 0.2) is 30.5 Å². The van der Waals surface area contributed by atoms with Gasteiger partial charge in [-0.1, -0.05) is 5.21 Å². The minimum atomic E-state index is -0.0687. The third-order valence-electron chi connectivity index (χ3n) is 2.23. The van der Waals surface area contributed by atoms with Crippen LogP contribution in [0.5, 0.6) is 5.75 Å². The van der Waals surface area contributed by atoms with Gasteiger partial charge in [-0.15, -0.1) is 5.10 Å². The number of methoxy groups -OCH3 is 1. The highest BCUT2D eigenvalue weighted by molar-refractivity contribution is 5.92. The fourth-order valence-electron chi connectivity index (χ4n) is 1.39. The molecule has 0 saturated heterocycles. The third-order valence-corrected chi connectivity index (χ3v) is 2.23. The second kappa shape index (κ2) is 4.14. The maximum absolute atomic E-state index is 11.3. The normalized spacial score (nSPS) is 10.1. The first-order valence-electron chi connectivity index (χ1n) is 4.78. The van der Waals surface area contributed by atoms with Gasteiger partial charge < -0.3 is 4.74 Å². The fourth-order valence-corrected chi connectivity index (χ4v) is 1.39. The molecule has 1 aromatic heterocycles. The number of rotatable bonds is 3. The molecule has 0 aliphatic rings. The second-order valence-electron chi connectivity index (χ2n) is 3.29. The molecular formula is C11H11N3O2. The summed E-state index contributed by atoms with van der Waals surface area (Å²) >= 11 is 0. The monoisotopic (exact) mass is 217 g/mol. The average molecular weight is 217 g/mol. The van der Waals surface area contributed by atoms with E-state index in [-0.39, 0.29) is 5.78 Å². The highest BCUT2D eigenvalue weighted by atomic mass is 16.5. The maximum atomic E-state index is 11.3. The molecule has 2 aromatic rings. The molecular weight excluding hydrogens is 206 g/mol. The predicted molar refractivity (Wildman–Crippen MR) is 57.9 cm³/mol. The molecule has 0 unspecified atom stereocenters. The fraction of sp³-hybridized carbons (Fsp3) is 0.182. The lowest BCUT2D eigenvalue weighted by molar-refractivity contribution is 0.101. The van der Waals surface area contributed by atoms with Gasteiger partial charge in [0, 0.05) is 6.92 Å². The van der Waals surface area contributed by atoms with Gasteiger partial charge in [-0.3, -0.25) is 4.79 Å². The van der Waals surface area contributed by atoms with Crippen LogP contribution in [-0.2, 0) is 0 Å². The Morgan fingerprint density at radius 1 is 1.31 bits per heavy atom. The van der Waals surface area contributed by atoms with Gasteiger partial charge in [0.15, 0.2) is 5.78 Å². The molecule has 0 radical (unpaired) electrons. The minimum absolute atomic E-state index is 0.0687. The van der Waals surface area contributed by atoms with Crippen LogP contribution in [0.25, 0.3) is 5.69 Å². The molecule has 0 bridgehead atoms. The van der Waals surface area contributed by atoms with E-state index in [1.807, 2.05) is 12.1 Å². The van der Waals surface area contributed by atoms with Gasteiger partial charge in [0.2, 0.25) is 0 Å². The van der Waals surface area contributed by atoms with E-state index < -0.39 is 0 Å². The lowest BCUT2D eigenvalue weighted by Crippen LogP contribution is -2.05. The van der Waals surface area contributed by atoms with Crippen LogP contribution in [0, 0.1) is 0 Å². The zero-order valence-electron chi connectivity index (χ0n) is 9.04. The molecule has 82 valence electrons. The Labute approximate surface area is 92.7 Å². The summed E-state index contributed by atoms with van der Waals surface area (Å²) in [6, 6.07) is 7.25. The Balaban J connectivity index is 2.42. The van der Waals surface area contributed by atoms with E-state index in [9.17, 15) is 4.79 Å². The Morgan fingerprint density at radius 3 is 2.56 bits per heavy atom. The zero-order valence-corrected chi connectivity index (χ0v) is 9.04. The maximum Gasteiger partial charge on any atom is 0.179 e. The second-order valence-corrected chi connectivity index (χ2v) is 3.29. The number of Topliss-reactive ketones (excluding diaryl/α,β-unsaturated/α-hetero) is 1. The van der Waals surface area contributed by atoms with Crippen molar-refractivity contribution in [2.24, 2.45) is 0 Å². The Bertz CT molecular complexity index is 502. The summed E-state index contributed by atoms with van der Waals surface area (Å²) in [7, 11) is 1.60.